The zero-order valence-electron chi connectivity index (χ0n) is 10.8. The molecule has 1 atom stereocenters. The van der Waals surface area contributed by atoms with Crippen molar-refractivity contribution in [3.05, 3.63) is 36.7 Å². The second-order valence-electron chi connectivity index (χ2n) is 4.14. The van der Waals surface area contributed by atoms with Crippen LogP contribution in [0.5, 0.6) is 0 Å². The van der Waals surface area contributed by atoms with E-state index < -0.39 is 10.0 Å². The van der Waals surface area contributed by atoms with Crippen molar-refractivity contribution in [2.24, 2.45) is 5.73 Å². The minimum atomic E-state index is -3.51. The van der Waals surface area contributed by atoms with Gasteiger partial charge in [0.25, 0.3) is 0 Å². The van der Waals surface area contributed by atoms with Gasteiger partial charge in [-0.1, -0.05) is 6.07 Å². The van der Waals surface area contributed by atoms with Crippen molar-refractivity contribution in [3.8, 4) is 0 Å². The maximum Gasteiger partial charge on any atom is 0.240 e. The predicted molar refractivity (Wildman–Crippen MR) is 85.1 cm³/mol. The van der Waals surface area contributed by atoms with Gasteiger partial charge in [-0.2, -0.15) is 0 Å². The highest BCUT2D eigenvalue weighted by Crippen LogP contribution is 2.18. The van der Waals surface area contributed by atoms with E-state index in [0.717, 1.165) is 10.8 Å². The van der Waals surface area contributed by atoms with Gasteiger partial charge >= 0.3 is 0 Å². The molecule has 8 heteroatoms. The first-order valence-corrected chi connectivity index (χ1v) is 7.07. The van der Waals surface area contributed by atoms with E-state index in [9.17, 15) is 8.42 Å². The molecule has 0 aliphatic carbocycles. The summed E-state index contributed by atoms with van der Waals surface area (Å²) >= 11 is 0. The molecular weight excluding hydrogens is 321 g/mol. The molecular formula is C12H17Cl2N3O2S. The Morgan fingerprint density at radius 3 is 2.60 bits per heavy atom. The standard InChI is InChI=1S/C12H15N3O2S.2ClH/c1-9(7-13)15-18(16,17)12-3-2-11-8-14-5-4-10(11)6-12;;/h2-6,8-9,15H,7,13H2,1H3;2*1H/t9-;;/m1../s1. The molecule has 0 bridgehead atoms. The zero-order valence-corrected chi connectivity index (χ0v) is 13.3. The van der Waals surface area contributed by atoms with Gasteiger partial charge in [-0.25, -0.2) is 13.1 Å². The highest BCUT2D eigenvalue weighted by Gasteiger charge is 2.16. The van der Waals surface area contributed by atoms with Gasteiger partial charge in [-0.15, -0.1) is 24.8 Å². The molecule has 0 aliphatic heterocycles. The summed E-state index contributed by atoms with van der Waals surface area (Å²) in [5.74, 6) is 0. The molecule has 0 amide bonds. The Hall–Kier alpha value is -0.920. The molecule has 0 radical (unpaired) electrons. The number of nitrogens with two attached hydrogens (primary N) is 1. The number of aromatic nitrogens is 1. The van der Waals surface area contributed by atoms with Crippen LogP contribution in [-0.4, -0.2) is 26.0 Å². The van der Waals surface area contributed by atoms with Crippen molar-refractivity contribution in [2.75, 3.05) is 6.54 Å². The fourth-order valence-corrected chi connectivity index (χ4v) is 2.90. The fourth-order valence-electron chi connectivity index (χ4n) is 1.61. The quantitative estimate of drug-likeness (QED) is 0.889. The molecule has 3 N–H and O–H groups in total. The molecule has 1 aromatic carbocycles. The van der Waals surface area contributed by atoms with E-state index in [4.69, 9.17) is 5.73 Å². The molecule has 1 aromatic heterocycles. The normalized spacial score (nSPS) is 12.3. The van der Waals surface area contributed by atoms with Crippen LogP contribution in [-0.2, 0) is 10.0 Å². The third kappa shape index (κ3) is 4.29. The van der Waals surface area contributed by atoms with Gasteiger partial charge in [0.1, 0.15) is 0 Å². The van der Waals surface area contributed by atoms with Crippen molar-refractivity contribution in [2.45, 2.75) is 17.9 Å². The summed E-state index contributed by atoms with van der Waals surface area (Å²) < 4.78 is 26.6. The third-order valence-electron chi connectivity index (χ3n) is 2.63. The first kappa shape index (κ1) is 19.1. The Bertz CT molecular complexity index is 665. The molecule has 2 aromatic rings. The topological polar surface area (TPSA) is 85.1 Å². The number of sulfonamides is 1. The van der Waals surface area contributed by atoms with Gasteiger partial charge in [0.05, 0.1) is 4.90 Å². The van der Waals surface area contributed by atoms with Crippen molar-refractivity contribution in [1.29, 1.82) is 0 Å². The lowest BCUT2D eigenvalue weighted by atomic mass is 10.2. The van der Waals surface area contributed by atoms with E-state index in [2.05, 4.69) is 9.71 Å². The largest absolute Gasteiger partial charge is 0.329 e. The molecule has 0 aliphatic rings. The van der Waals surface area contributed by atoms with Crippen LogP contribution in [0.1, 0.15) is 6.92 Å². The maximum atomic E-state index is 12.1. The second kappa shape index (κ2) is 7.75. The molecule has 0 saturated heterocycles. The van der Waals surface area contributed by atoms with Crippen molar-refractivity contribution in [1.82, 2.24) is 9.71 Å². The van der Waals surface area contributed by atoms with Gasteiger partial charge in [0, 0.05) is 30.4 Å². The summed E-state index contributed by atoms with van der Waals surface area (Å²) in [7, 11) is -3.51. The third-order valence-corrected chi connectivity index (χ3v) is 4.22. The number of halogens is 2. The molecule has 112 valence electrons. The van der Waals surface area contributed by atoms with Gasteiger partial charge in [0.2, 0.25) is 10.0 Å². The SMILES string of the molecule is C[C@H](CN)NS(=O)(=O)c1ccc2cnccc2c1.Cl.Cl. The molecule has 20 heavy (non-hydrogen) atoms. The van der Waals surface area contributed by atoms with Crippen LogP contribution in [0, 0.1) is 0 Å². The number of rotatable bonds is 4. The number of nitrogens with one attached hydrogen (secondary N) is 1. The van der Waals surface area contributed by atoms with Crippen molar-refractivity contribution in [3.63, 3.8) is 0 Å². The number of hydrogen-bond acceptors (Lipinski definition) is 4. The van der Waals surface area contributed by atoms with Crippen LogP contribution in [0.4, 0.5) is 0 Å². The van der Waals surface area contributed by atoms with Crippen LogP contribution in [0.15, 0.2) is 41.6 Å². The molecule has 5 nitrogen and oxygen atoms in total. The minimum absolute atomic E-state index is 0. The molecule has 0 saturated carbocycles. The average Bonchev–Trinajstić information content (AvgIpc) is 2.37. The highest BCUT2D eigenvalue weighted by molar-refractivity contribution is 7.89. The van der Waals surface area contributed by atoms with Gasteiger partial charge in [0.15, 0.2) is 0 Å². The summed E-state index contributed by atoms with van der Waals surface area (Å²) in [5, 5.41) is 1.75. The lowest BCUT2D eigenvalue weighted by Gasteiger charge is -2.12. The van der Waals surface area contributed by atoms with E-state index in [-0.39, 0.29) is 42.3 Å². The summed E-state index contributed by atoms with van der Waals surface area (Å²) in [6.45, 7) is 1.99. The zero-order chi connectivity index (χ0) is 13.2. The van der Waals surface area contributed by atoms with Gasteiger partial charge in [-0.05, 0) is 30.5 Å². The summed E-state index contributed by atoms with van der Waals surface area (Å²) in [6, 6.07) is 6.42. The molecule has 2 rings (SSSR count). The molecule has 0 unspecified atom stereocenters. The van der Waals surface area contributed by atoms with E-state index in [1.54, 1.807) is 43.6 Å². The van der Waals surface area contributed by atoms with Crippen LogP contribution >= 0.6 is 24.8 Å². The lowest BCUT2D eigenvalue weighted by molar-refractivity contribution is 0.563. The molecule has 0 spiro atoms. The average molecular weight is 338 g/mol. The van der Waals surface area contributed by atoms with E-state index in [0.29, 0.717) is 0 Å². The Balaban J connectivity index is 0.00000180. The minimum Gasteiger partial charge on any atom is -0.329 e. The van der Waals surface area contributed by atoms with Crippen molar-refractivity contribution < 1.29 is 8.42 Å². The number of benzene rings is 1. The Kier molecular flexibility index (Phi) is 7.40. The Morgan fingerprint density at radius 2 is 1.95 bits per heavy atom. The predicted octanol–water partition coefficient (Wildman–Crippen LogP) is 1.70. The Morgan fingerprint density at radius 1 is 1.25 bits per heavy atom. The molecule has 1 heterocycles. The second-order valence-corrected chi connectivity index (χ2v) is 5.86. The van der Waals surface area contributed by atoms with Crippen LogP contribution < -0.4 is 10.5 Å². The fraction of sp³-hybridized carbons (Fsp3) is 0.250. The number of hydrogen-bond donors (Lipinski definition) is 2. The smallest absolute Gasteiger partial charge is 0.240 e. The van der Waals surface area contributed by atoms with Gasteiger partial charge in [-0.3, -0.25) is 4.98 Å². The highest BCUT2D eigenvalue weighted by atomic mass is 35.5. The summed E-state index contributed by atoms with van der Waals surface area (Å²) in [4.78, 5) is 4.22. The number of fused-ring (bicyclic) bond motifs is 1. The first-order chi connectivity index (χ1) is 8.53. The van der Waals surface area contributed by atoms with Crippen LogP contribution in [0.25, 0.3) is 10.8 Å². The monoisotopic (exact) mass is 337 g/mol. The van der Waals surface area contributed by atoms with E-state index >= 15 is 0 Å². The number of nitrogens with zero attached hydrogens (tertiary/aromatic N) is 1. The first-order valence-electron chi connectivity index (χ1n) is 5.59. The van der Waals surface area contributed by atoms with Gasteiger partial charge < -0.3 is 5.73 Å². The maximum absolute atomic E-state index is 12.1. The van der Waals surface area contributed by atoms with E-state index in [1.807, 2.05) is 0 Å². The van der Waals surface area contributed by atoms with E-state index in [1.165, 1.54) is 0 Å². The number of pyridine rings is 1. The summed E-state index contributed by atoms with van der Waals surface area (Å²) in [6.07, 6.45) is 3.33. The van der Waals surface area contributed by atoms with Crippen LogP contribution in [0.3, 0.4) is 0 Å². The van der Waals surface area contributed by atoms with Crippen LogP contribution in [0.2, 0.25) is 0 Å². The lowest BCUT2D eigenvalue weighted by Crippen LogP contribution is -2.37. The molecule has 0 fully saturated rings. The Labute approximate surface area is 130 Å². The van der Waals surface area contributed by atoms with Crippen molar-refractivity contribution >= 4 is 45.6 Å². The summed E-state index contributed by atoms with van der Waals surface area (Å²) in [5.41, 5.74) is 5.41.